The first-order valence-corrected chi connectivity index (χ1v) is 12.4. The first-order chi connectivity index (χ1) is 15.5. The number of nitrogens with zero attached hydrogens (tertiary/aromatic N) is 1. The molecule has 3 aromatic rings. The lowest BCUT2D eigenvalue weighted by Gasteiger charge is -2.38. The number of amides is 1. The van der Waals surface area contributed by atoms with Gasteiger partial charge in [-0.1, -0.05) is 78.3 Å². The lowest BCUT2D eigenvalue weighted by atomic mass is 9.90. The summed E-state index contributed by atoms with van der Waals surface area (Å²) in [5, 5.41) is 3.52. The molecule has 1 amide bonds. The maximum absolute atomic E-state index is 13.5. The summed E-state index contributed by atoms with van der Waals surface area (Å²) in [5.74, 6) is -0.597. The molecular weight excluding hydrogens is 444 g/mol. The maximum atomic E-state index is 13.5. The molecule has 1 aliphatic heterocycles. The highest BCUT2D eigenvalue weighted by Gasteiger charge is 2.39. The van der Waals surface area contributed by atoms with Gasteiger partial charge >= 0.3 is 0 Å². The fourth-order valence-corrected chi connectivity index (χ4v) is 6.04. The smallest absolute Gasteiger partial charge is 0.243 e. The number of hydrogen-bond donors (Lipinski definition) is 1. The van der Waals surface area contributed by atoms with E-state index in [4.69, 9.17) is 11.6 Å². The van der Waals surface area contributed by atoms with Gasteiger partial charge in [-0.25, -0.2) is 8.42 Å². The van der Waals surface area contributed by atoms with Gasteiger partial charge in [0.1, 0.15) is 0 Å². The first kappa shape index (κ1) is 22.5. The predicted molar refractivity (Wildman–Crippen MR) is 126 cm³/mol. The molecule has 3 aromatic carbocycles. The van der Waals surface area contributed by atoms with Gasteiger partial charge in [0.05, 0.1) is 16.9 Å². The van der Waals surface area contributed by atoms with Crippen LogP contribution in [0.3, 0.4) is 0 Å². The Balaban J connectivity index is 1.57. The highest BCUT2D eigenvalue weighted by atomic mass is 35.5. The van der Waals surface area contributed by atoms with E-state index in [1.807, 2.05) is 48.5 Å². The van der Waals surface area contributed by atoms with Crippen molar-refractivity contribution in [2.75, 3.05) is 6.54 Å². The molecule has 0 aromatic heterocycles. The van der Waals surface area contributed by atoms with Crippen molar-refractivity contribution >= 4 is 27.5 Å². The van der Waals surface area contributed by atoms with Crippen LogP contribution in [0.25, 0.3) is 0 Å². The van der Waals surface area contributed by atoms with Crippen molar-refractivity contribution in [2.24, 2.45) is 5.92 Å². The monoisotopic (exact) mass is 468 g/mol. The van der Waals surface area contributed by atoms with E-state index in [1.165, 1.54) is 4.31 Å². The number of hydrogen-bond acceptors (Lipinski definition) is 3. The molecule has 0 spiro atoms. The van der Waals surface area contributed by atoms with Crippen LogP contribution in [0.15, 0.2) is 89.8 Å². The zero-order valence-corrected chi connectivity index (χ0v) is 19.1. The van der Waals surface area contributed by atoms with Crippen LogP contribution in [-0.4, -0.2) is 25.2 Å². The highest BCUT2D eigenvalue weighted by molar-refractivity contribution is 7.89. The zero-order valence-electron chi connectivity index (χ0n) is 17.5. The minimum Gasteiger partial charge on any atom is -0.352 e. The summed E-state index contributed by atoms with van der Waals surface area (Å²) in [7, 11) is -3.77. The summed E-state index contributed by atoms with van der Waals surface area (Å²) < 4.78 is 28.6. The number of carbonyl (C=O) groups is 1. The second kappa shape index (κ2) is 9.86. The van der Waals surface area contributed by atoms with Crippen LogP contribution in [0.1, 0.15) is 30.0 Å². The molecule has 2 atom stereocenters. The molecule has 5 nitrogen and oxygen atoms in total. The topological polar surface area (TPSA) is 66.5 Å². The Morgan fingerprint density at radius 3 is 2.22 bits per heavy atom. The number of sulfonamides is 1. The molecule has 32 heavy (non-hydrogen) atoms. The molecule has 4 rings (SSSR count). The summed E-state index contributed by atoms with van der Waals surface area (Å²) in [6.07, 6.45) is 1.18. The maximum Gasteiger partial charge on any atom is 0.243 e. The van der Waals surface area contributed by atoms with Crippen LogP contribution in [0.2, 0.25) is 5.02 Å². The molecular formula is C25H25ClN2O3S. The van der Waals surface area contributed by atoms with Crippen molar-refractivity contribution in [3.8, 4) is 0 Å². The molecule has 1 aliphatic rings. The number of piperidine rings is 1. The molecule has 1 fully saturated rings. The fraction of sp³-hybridized carbons (Fsp3) is 0.240. The summed E-state index contributed by atoms with van der Waals surface area (Å²) in [6, 6.07) is 25.0. The van der Waals surface area contributed by atoms with Gasteiger partial charge < -0.3 is 5.32 Å². The average molecular weight is 469 g/mol. The Morgan fingerprint density at radius 1 is 0.906 bits per heavy atom. The van der Waals surface area contributed by atoms with E-state index in [1.54, 1.807) is 36.4 Å². The molecule has 1 saturated heterocycles. The van der Waals surface area contributed by atoms with Gasteiger partial charge in [0.15, 0.2) is 0 Å². The number of carbonyl (C=O) groups excluding carboxylic acids is 1. The van der Waals surface area contributed by atoms with Gasteiger partial charge in [0, 0.05) is 18.1 Å². The van der Waals surface area contributed by atoms with Gasteiger partial charge in [0.2, 0.25) is 15.9 Å². The standard InChI is InChI=1S/C25H25ClN2O3S/c26-23-14-8-7-11-20(23)17-27-25(29)21-15-16-24(19-9-3-1-4-10-19)28(18-21)32(30,31)22-12-5-2-6-13-22/h1-14,21,24H,15-18H2,(H,27,29). The zero-order chi connectivity index (χ0) is 22.6. The Morgan fingerprint density at radius 2 is 1.53 bits per heavy atom. The quantitative estimate of drug-likeness (QED) is 0.565. The number of benzene rings is 3. The predicted octanol–water partition coefficient (Wildman–Crippen LogP) is 4.80. The lowest BCUT2D eigenvalue weighted by molar-refractivity contribution is -0.126. The summed E-state index contributed by atoms with van der Waals surface area (Å²) >= 11 is 6.19. The van der Waals surface area contributed by atoms with Crippen molar-refractivity contribution in [2.45, 2.75) is 30.3 Å². The Hall–Kier alpha value is -2.67. The molecule has 7 heteroatoms. The van der Waals surface area contributed by atoms with Crippen molar-refractivity contribution in [3.05, 3.63) is 101 Å². The third kappa shape index (κ3) is 4.88. The van der Waals surface area contributed by atoms with Crippen molar-refractivity contribution in [3.63, 3.8) is 0 Å². The third-order valence-corrected chi connectivity index (χ3v) is 8.11. The van der Waals surface area contributed by atoms with Crippen molar-refractivity contribution in [1.29, 1.82) is 0 Å². The normalized spacial score (nSPS) is 19.4. The Bertz CT molecular complexity index is 1170. The molecule has 166 valence electrons. The van der Waals surface area contributed by atoms with E-state index < -0.39 is 15.9 Å². The van der Waals surface area contributed by atoms with E-state index in [0.29, 0.717) is 24.4 Å². The summed E-state index contributed by atoms with van der Waals surface area (Å²) in [5.41, 5.74) is 1.76. The van der Waals surface area contributed by atoms with Crippen LogP contribution in [0, 0.1) is 5.92 Å². The van der Waals surface area contributed by atoms with Crippen LogP contribution >= 0.6 is 11.6 Å². The number of halogens is 1. The van der Waals surface area contributed by atoms with Gasteiger partial charge in [0.25, 0.3) is 0 Å². The SMILES string of the molecule is O=C(NCc1ccccc1Cl)C1CCC(c2ccccc2)N(S(=O)(=O)c2ccccc2)C1. The molecule has 2 unspecified atom stereocenters. The van der Waals surface area contributed by atoms with Crippen molar-refractivity contribution < 1.29 is 13.2 Å². The molecule has 0 radical (unpaired) electrons. The van der Waals surface area contributed by atoms with E-state index in [2.05, 4.69) is 5.32 Å². The molecule has 0 aliphatic carbocycles. The third-order valence-electron chi connectivity index (χ3n) is 5.85. The number of rotatable bonds is 6. The summed E-state index contributed by atoms with van der Waals surface area (Å²) in [4.78, 5) is 13.2. The fourth-order valence-electron chi connectivity index (χ4n) is 4.12. The van der Waals surface area contributed by atoms with E-state index in [-0.39, 0.29) is 23.4 Å². The average Bonchev–Trinajstić information content (AvgIpc) is 2.84. The van der Waals surface area contributed by atoms with E-state index in [0.717, 1.165) is 11.1 Å². The van der Waals surface area contributed by atoms with E-state index >= 15 is 0 Å². The minimum atomic E-state index is -3.77. The van der Waals surface area contributed by atoms with Crippen LogP contribution < -0.4 is 5.32 Å². The van der Waals surface area contributed by atoms with Crippen LogP contribution in [0.5, 0.6) is 0 Å². The van der Waals surface area contributed by atoms with E-state index in [9.17, 15) is 13.2 Å². The lowest BCUT2D eigenvalue weighted by Crippen LogP contribution is -2.46. The Kier molecular flexibility index (Phi) is 6.94. The molecule has 0 bridgehead atoms. The second-order valence-electron chi connectivity index (χ2n) is 7.90. The van der Waals surface area contributed by atoms with Gasteiger partial charge in [-0.15, -0.1) is 0 Å². The van der Waals surface area contributed by atoms with Crippen LogP contribution in [0.4, 0.5) is 0 Å². The Labute approximate surface area is 194 Å². The molecule has 1 N–H and O–H groups in total. The second-order valence-corrected chi connectivity index (χ2v) is 10.2. The molecule has 1 heterocycles. The van der Waals surface area contributed by atoms with Crippen molar-refractivity contribution in [1.82, 2.24) is 9.62 Å². The largest absolute Gasteiger partial charge is 0.352 e. The minimum absolute atomic E-state index is 0.130. The summed E-state index contributed by atoms with van der Waals surface area (Å²) in [6.45, 7) is 0.438. The van der Waals surface area contributed by atoms with Gasteiger partial charge in [-0.2, -0.15) is 4.31 Å². The number of nitrogens with one attached hydrogen (secondary N) is 1. The first-order valence-electron chi connectivity index (χ1n) is 10.6. The van der Waals surface area contributed by atoms with Gasteiger partial charge in [-0.3, -0.25) is 4.79 Å². The molecule has 0 saturated carbocycles. The van der Waals surface area contributed by atoms with Crippen LogP contribution in [-0.2, 0) is 21.4 Å². The highest BCUT2D eigenvalue weighted by Crippen LogP contribution is 2.37. The van der Waals surface area contributed by atoms with Gasteiger partial charge in [-0.05, 0) is 42.2 Å².